The van der Waals surface area contributed by atoms with E-state index in [0.717, 1.165) is 20.9 Å². The van der Waals surface area contributed by atoms with Gasteiger partial charge in [0, 0.05) is 34.4 Å². The van der Waals surface area contributed by atoms with Crippen LogP contribution in [0.2, 0.25) is 0 Å². The molecule has 20 heavy (non-hydrogen) atoms. The lowest BCUT2D eigenvalue weighted by Crippen LogP contribution is -2.41. The molecule has 1 heterocycles. The third-order valence-electron chi connectivity index (χ3n) is 3.11. The molecule has 1 amide bonds. The summed E-state index contributed by atoms with van der Waals surface area (Å²) in [5.74, 6) is -1.30. The molecule has 2 rings (SSSR count). The molecule has 1 atom stereocenters. The number of carboxylic acids is 1. The highest BCUT2D eigenvalue weighted by Gasteiger charge is 2.21. The fourth-order valence-corrected chi connectivity index (χ4v) is 2.40. The van der Waals surface area contributed by atoms with Gasteiger partial charge in [-0.1, -0.05) is 22.9 Å². The summed E-state index contributed by atoms with van der Waals surface area (Å²) >= 11 is 3.40. The fourth-order valence-electron chi connectivity index (χ4n) is 2.04. The molecule has 5 nitrogen and oxygen atoms in total. The highest BCUT2D eigenvalue weighted by molar-refractivity contribution is 9.10. The molecule has 1 aromatic heterocycles. The number of amides is 1. The van der Waals surface area contributed by atoms with E-state index in [1.54, 1.807) is 13.1 Å². The molecule has 0 aliphatic heterocycles. The van der Waals surface area contributed by atoms with E-state index in [1.807, 2.05) is 18.2 Å². The summed E-state index contributed by atoms with van der Waals surface area (Å²) in [7, 11) is 0. The van der Waals surface area contributed by atoms with Gasteiger partial charge in [-0.3, -0.25) is 4.79 Å². The van der Waals surface area contributed by atoms with E-state index in [1.165, 1.54) is 0 Å². The standard InChI is InChI=1S/C14H15BrN2O3/c1-2-13(18)17-12(14(19)20)5-8-7-16-11-4-3-9(15)6-10(8)11/h3-4,6-7,12,16H,2,5H2,1H3,(H,17,18)(H,19,20). The number of carbonyl (C=O) groups is 2. The number of aliphatic carboxylic acids is 1. The Morgan fingerprint density at radius 3 is 2.85 bits per heavy atom. The Morgan fingerprint density at radius 1 is 1.45 bits per heavy atom. The van der Waals surface area contributed by atoms with Crippen molar-refractivity contribution in [1.29, 1.82) is 0 Å². The number of fused-ring (bicyclic) bond motifs is 1. The number of halogens is 1. The van der Waals surface area contributed by atoms with Crippen LogP contribution >= 0.6 is 15.9 Å². The van der Waals surface area contributed by atoms with Crippen molar-refractivity contribution in [2.24, 2.45) is 0 Å². The van der Waals surface area contributed by atoms with Crippen molar-refractivity contribution in [2.45, 2.75) is 25.8 Å². The second-order valence-electron chi connectivity index (χ2n) is 4.52. The van der Waals surface area contributed by atoms with Gasteiger partial charge in [0.1, 0.15) is 6.04 Å². The molecule has 0 saturated carbocycles. The average Bonchev–Trinajstić information content (AvgIpc) is 2.80. The van der Waals surface area contributed by atoms with Gasteiger partial charge in [-0.2, -0.15) is 0 Å². The molecular weight excluding hydrogens is 324 g/mol. The summed E-state index contributed by atoms with van der Waals surface area (Å²) in [5.41, 5.74) is 1.80. The molecule has 0 fully saturated rings. The molecule has 6 heteroatoms. The Hall–Kier alpha value is -1.82. The fraction of sp³-hybridized carbons (Fsp3) is 0.286. The minimum absolute atomic E-state index is 0.248. The van der Waals surface area contributed by atoms with Crippen LogP contribution in [0.5, 0.6) is 0 Å². The summed E-state index contributed by atoms with van der Waals surface area (Å²) < 4.78 is 0.926. The van der Waals surface area contributed by atoms with Crippen LogP contribution in [-0.2, 0) is 16.0 Å². The number of nitrogens with one attached hydrogen (secondary N) is 2. The number of aromatic nitrogens is 1. The van der Waals surface area contributed by atoms with Crippen LogP contribution in [0.25, 0.3) is 10.9 Å². The van der Waals surface area contributed by atoms with Crippen molar-refractivity contribution in [3.05, 3.63) is 34.4 Å². The summed E-state index contributed by atoms with van der Waals surface area (Å²) in [5, 5.41) is 12.7. The Labute approximate surface area is 124 Å². The molecule has 1 unspecified atom stereocenters. The van der Waals surface area contributed by atoms with Gasteiger partial charge in [-0.05, 0) is 23.8 Å². The zero-order chi connectivity index (χ0) is 14.7. The quantitative estimate of drug-likeness (QED) is 0.783. The van der Waals surface area contributed by atoms with E-state index in [-0.39, 0.29) is 18.7 Å². The Balaban J connectivity index is 2.26. The molecule has 2 aromatic rings. The number of carbonyl (C=O) groups excluding carboxylic acids is 1. The smallest absolute Gasteiger partial charge is 0.326 e. The van der Waals surface area contributed by atoms with Crippen molar-refractivity contribution in [1.82, 2.24) is 10.3 Å². The zero-order valence-electron chi connectivity index (χ0n) is 10.9. The molecule has 0 aliphatic rings. The molecule has 0 bridgehead atoms. The Kier molecular flexibility index (Phi) is 4.44. The third-order valence-corrected chi connectivity index (χ3v) is 3.60. The highest BCUT2D eigenvalue weighted by atomic mass is 79.9. The van der Waals surface area contributed by atoms with Crippen LogP contribution in [0, 0.1) is 0 Å². The van der Waals surface area contributed by atoms with Crippen LogP contribution in [0.15, 0.2) is 28.9 Å². The van der Waals surface area contributed by atoms with E-state index in [4.69, 9.17) is 0 Å². The number of hydrogen-bond acceptors (Lipinski definition) is 2. The maximum Gasteiger partial charge on any atom is 0.326 e. The van der Waals surface area contributed by atoms with Crippen molar-refractivity contribution >= 4 is 38.7 Å². The molecule has 106 valence electrons. The molecule has 0 aliphatic carbocycles. The molecular formula is C14H15BrN2O3. The first-order chi connectivity index (χ1) is 9.51. The first-order valence-corrected chi connectivity index (χ1v) is 7.08. The van der Waals surface area contributed by atoms with Crippen molar-refractivity contribution in [2.75, 3.05) is 0 Å². The summed E-state index contributed by atoms with van der Waals surface area (Å²) in [6, 6.07) is 4.85. The third kappa shape index (κ3) is 3.19. The number of aromatic amines is 1. The minimum Gasteiger partial charge on any atom is -0.480 e. The normalized spacial score (nSPS) is 12.3. The highest BCUT2D eigenvalue weighted by Crippen LogP contribution is 2.23. The Morgan fingerprint density at radius 2 is 2.20 bits per heavy atom. The molecule has 3 N–H and O–H groups in total. The van der Waals surface area contributed by atoms with Gasteiger partial charge in [-0.25, -0.2) is 4.79 Å². The van der Waals surface area contributed by atoms with E-state index in [0.29, 0.717) is 0 Å². The SMILES string of the molecule is CCC(=O)NC(Cc1c[nH]c2ccc(Br)cc12)C(=O)O. The molecule has 0 spiro atoms. The van der Waals surface area contributed by atoms with Gasteiger partial charge in [0.2, 0.25) is 5.91 Å². The van der Waals surface area contributed by atoms with Crippen molar-refractivity contribution < 1.29 is 14.7 Å². The first-order valence-electron chi connectivity index (χ1n) is 6.29. The lowest BCUT2D eigenvalue weighted by atomic mass is 10.0. The predicted octanol–water partition coefficient (Wildman–Crippen LogP) is 2.45. The van der Waals surface area contributed by atoms with Gasteiger partial charge in [-0.15, -0.1) is 0 Å². The topological polar surface area (TPSA) is 82.2 Å². The lowest BCUT2D eigenvalue weighted by molar-refractivity contribution is -0.141. The Bertz CT molecular complexity index is 651. The van der Waals surface area contributed by atoms with Gasteiger partial charge in [0.15, 0.2) is 0 Å². The van der Waals surface area contributed by atoms with E-state index >= 15 is 0 Å². The second-order valence-corrected chi connectivity index (χ2v) is 5.44. The van der Waals surface area contributed by atoms with Crippen LogP contribution in [-0.4, -0.2) is 28.0 Å². The summed E-state index contributed by atoms with van der Waals surface area (Å²) in [4.78, 5) is 25.7. The van der Waals surface area contributed by atoms with Crippen LogP contribution in [0.3, 0.4) is 0 Å². The van der Waals surface area contributed by atoms with Crippen LogP contribution < -0.4 is 5.32 Å². The number of benzene rings is 1. The van der Waals surface area contributed by atoms with Gasteiger partial charge in [0.25, 0.3) is 0 Å². The van der Waals surface area contributed by atoms with Gasteiger partial charge >= 0.3 is 5.97 Å². The maximum atomic E-state index is 11.4. The zero-order valence-corrected chi connectivity index (χ0v) is 12.5. The van der Waals surface area contributed by atoms with E-state index < -0.39 is 12.0 Å². The van der Waals surface area contributed by atoms with E-state index in [9.17, 15) is 14.7 Å². The van der Waals surface area contributed by atoms with Crippen LogP contribution in [0.4, 0.5) is 0 Å². The van der Waals surface area contributed by atoms with Gasteiger partial charge in [0.05, 0.1) is 0 Å². The van der Waals surface area contributed by atoms with Gasteiger partial charge < -0.3 is 15.4 Å². The average molecular weight is 339 g/mol. The minimum atomic E-state index is -1.03. The number of hydrogen-bond donors (Lipinski definition) is 3. The monoisotopic (exact) mass is 338 g/mol. The second kappa shape index (κ2) is 6.09. The van der Waals surface area contributed by atoms with Crippen molar-refractivity contribution in [3.8, 4) is 0 Å². The van der Waals surface area contributed by atoms with Crippen LogP contribution in [0.1, 0.15) is 18.9 Å². The predicted molar refractivity (Wildman–Crippen MR) is 79.6 cm³/mol. The lowest BCUT2D eigenvalue weighted by Gasteiger charge is -2.13. The number of rotatable bonds is 5. The first kappa shape index (κ1) is 14.6. The van der Waals surface area contributed by atoms with E-state index in [2.05, 4.69) is 26.2 Å². The molecule has 0 saturated heterocycles. The number of H-pyrrole nitrogens is 1. The summed E-state index contributed by atoms with van der Waals surface area (Å²) in [6.07, 6.45) is 2.30. The molecule has 0 radical (unpaired) electrons. The largest absolute Gasteiger partial charge is 0.480 e. The molecule has 1 aromatic carbocycles. The summed E-state index contributed by atoms with van der Waals surface area (Å²) in [6.45, 7) is 1.69. The maximum absolute atomic E-state index is 11.4. The van der Waals surface area contributed by atoms with Crippen molar-refractivity contribution in [3.63, 3.8) is 0 Å². The number of carboxylic acid groups (broad SMARTS) is 1.